The lowest BCUT2D eigenvalue weighted by atomic mass is 9.88. The van der Waals surface area contributed by atoms with Gasteiger partial charge in [0.25, 0.3) is 0 Å². The average molecular weight is 492 g/mol. The van der Waals surface area contributed by atoms with Crippen LogP contribution in [-0.4, -0.2) is 29.8 Å². The molecule has 4 aromatic carbocycles. The van der Waals surface area contributed by atoms with Crippen LogP contribution in [0.15, 0.2) is 97.1 Å². The molecular formula is C33H33NO3. The Bertz CT molecular complexity index is 1400. The summed E-state index contributed by atoms with van der Waals surface area (Å²) < 4.78 is 5.37. The van der Waals surface area contributed by atoms with Gasteiger partial charge in [-0.25, -0.2) is 4.79 Å². The summed E-state index contributed by atoms with van der Waals surface area (Å²) in [6.45, 7) is 4.34. The van der Waals surface area contributed by atoms with Crippen LogP contribution in [0.25, 0.3) is 22.3 Å². The van der Waals surface area contributed by atoms with Gasteiger partial charge >= 0.3 is 5.97 Å². The molecule has 5 rings (SSSR count). The van der Waals surface area contributed by atoms with Crippen molar-refractivity contribution in [1.82, 2.24) is 0 Å². The predicted molar refractivity (Wildman–Crippen MR) is 150 cm³/mol. The molecule has 0 saturated carbocycles. The largest absolute Gasteiger partial charge is 0.457 e. The molecule has 0 aliphatic carbocycles. The third-order valence-electron chi connectivity index (χ3n) is 7.32. The number of carbonyl (C=O) groups excluding carboxylic acids is 1. The minimum absolute atomic E-state index is 0.0471. The Balaban J connectivity index is 1.38. The summed E-state index contributed by atoms with van der Waals surface area (Å²) in [4.78, 5) is 14.5. The highest BCUT2D eigenvalue weighted by atomic mass is 16.5. The summed E-state index contributed by atoms with van der Waals surface area (Å²) in [5.41, 5.74) is 7.20. The number of fused-ring (bicyclic) bond motifs is 1. The van der Waals surface area contributed by atoms with Crippen LogP contribution in [0.5, 0.6) is 0 Å². The zero-order chi connectivity index (χ0) is 26.0. The standard InChI is InChI=1S/C33H33NO3/c1-23(20-33(2,36)21-24-11-10-16-27(19-24)25-12-6-4-7-13-25)34(3)30-18-17-28-29(22-37-32(28)35)31(30)26-14-8-5-9-15-26/h4-19,23,36H,20-22H2,1-3H3. The number of carbonyl (C=O) groups is 1. The Hall–Kier alpha value is -3.89. The number of cyclic esters (lactones) is 1. The van der Waals surface area contributed by atoms with Crippen molar-refractivity contribution in [2.24, 2.45) is 0 Å². The van der Waals surface area contributed by atoms with Gasteiger partial charge < -0.3 is 14.7 Å². The van der Waals surface area contributed by atoms with E-state index in [-0.39, 0.29) is 18.6 Å². The number of benzene rings is 4. The van der Waals surface area contributed by atoms with E-state index in [4.69, 9.17) is 4.74 Å². The van der Waals surface area contributed by atoms with E-state index in [9.17, 15) is 9.90 Å². The van der Waals surface area contributed by atoms with Gasteiger partial charge in [0.15, 0.2) is 0 Å². The molecule has 188 valence electrons. The number of ether oxygens (including phenoxy) is 1. The van der Waals surface area contributed by atoms with Gasteiger partial charge in [0, 0.05) is 36.3 Å². The summed E-state index contributed by atoms with van der Waals surface area (Å²) >= 11 is 0. The van der Waals surface area contributed by atoms with Gasteiger partial charge in [-0.15, -0.1) is 0 Å². The summed E-state index contributed by atoms with van der Waals surface area (Å²) in [6, 6.07) is 32.8. The number of hydrogen-bond acceptors (Lipinski definition) is 4. The molecule has 0 spiro atoms. The average Bonchev–Trinajstić information content (AvgIpc) is 3.29. The first-order valence-electron chi connectivity index (χ1n) is 12.8. The van der Waals surface area contributed by atoms with Crippen LogP contribution in [0, 0.1) is 0 Å². The first kappa shape index (κ1) is 24.8. The van der Waals surface area contributed by atoms with Crippen molar-refractivity contribution < 1.29 is 14.6 Å². The minimum atomic E-state index is -0.897. The van der Waals surface area contributed by atoms with E-state index in [2.05, 4.69) is 67.4 Å². The number of anilines is 1. The summed E-state index contributed by atoms with van der Waals surface area (Å²) in [5, 5.41) is 11.5. The van der Waals surface area contributed by atoms with Crippen molar-refractivity contribution in [3.8, 4) is 22.3 Å². The van der Waals surface area contributed by atoms with Crippen LogP contribution in [0.1, 0.15) is 41.8 Å². The molecule has 4 heteroatoms. The highest BCUT2D eigenvalue weighted by molar-refractivity contribution is 5.98. The van der Waals surface area contributed by atoms with E-state index >= 15 is 0 Å². The van der Waals surface area contributed by atoms with Crippen LogP contribution >= 0.6 is 0 Å². The predicted octanol–water partition coefficient (Wildman–Crippen LogP) is 6.90. The summed E-state index contributed by atoms with van der Waals surface area (Å²) in [7, 11) is 2.06. The normalized spacial score (nSPS) is 15.0. The van der Waals surface area contributed by atoms with Gasteiger partial charge in [-0.3, -0.25) is 0 Å². The fourth-order valence-corrected chi connectivity index (χ4v) is 5.43. The van der Waals surface area contributed by atoms with E-state index in [0.29, 0.717) is 18.4 Å². The summed E-state index contributed by atoms with van der Waals surface area (Å²) in [6.07, 6.45) is 1.14. The van der Waals surface area contributed by atoms with Crippen molar-refractivity contribution in [2.45, 2.75) is 44.9 Å². The van der Waals surface area contributed by atoms with Crippen molar-refractivity contribution in [3.63, 3.8) is 0 Å². The molecule has 2 unspecified atom stereocenters. The van der Waals surface area contributed by atoms with Crippen LogP contribution in [0.3, 0.4) is 0 Å². The lowest BCUT2D eigenvalue weighted by Gasteiger charge is -2.35. The second-order valence-corrected chi connectivity index (χ2v) is 10.3. The molecule has 37 heavy (non-hydrogen) atoms. The number of aliphatic hydroxyl groups is 1. The van der Waals surface area contributed by atoms with Crippen LogP contribution in [-0.2, 0) is 17.8 Å². The molecule has 1 aliphatic rings. The first-order valence-corrected chi connectivity index (χ1v) is 12.8. The highest BCUT2D eigenvalue weighted by Gasteiger charge is 2.30. The summed E-state index contributed by atoms with van der Waals surface area (Å²) in [5.74, 6) is -0.268. The van der Waals surface area contributed by atoms with E-state index in [0.717, 1.165) is 33.5 Å². The van der Waals surface area contributed by atoms with Gasteiger partial charge in [0.2, 0.25) is 0 Å². The maximum atomic E-state index is 12.3. The van der Waals surface area contributed by atoms with Crippen LogP contribution in [0.2, 0.25) is 0 Å². The maximum Gasteiger partial charge on any atom is 0.338 e. The number of nitrogens with zero attached hydrogens (tertiary/aromatic N) is 1. The Morgan fingerprint density at radius 3 is 2.24 bits per heavy atom. The number of esters is 1. The topological polar surface area (TPSA) is 49.8 Å². The third-order valence-corrected chi connectivity index (χ3v) is 7.32. The smallest absolute Gasteiger partial charge is 0.338 e. The minimum Gasteiger partial charge on any atom is -0.457 e. The molecule has 1 N–H and O–H groups in total. The second-order valence-electron chi connectivity index (χ2n) is 10.3. The fraction of sp³-hybridized carbons (Fsp3) is 0.242. The molecule has 0 saturated heterocycles. The van der Waals surface area contributed by atoms with Crippen molar-refractivity contribution in [2.75, 3.05) is 11.9 Å². The van der Waals surface area contributed by atoms with Gasteiger partial charge in [0.05, 0.1) is 11.2 Å². The molecule has 0 radical (unpaired) electrons. The van der Waals surface area contributed by atoms with Crippen molar-refractivity contribution >= 4 is 11.7 Å². The molecule has 4 nitrogen and oxygen atoms in total. The first-order chi connectivity index (χ1) is 17.8. The van der Waals surface area contributed by atoms with Crippen molar-refractivity contribution in [3.05, 3.63) is 114 Å². The number of rotatable bonds is 8. The van der Waals surface area contributed by atoms with Crippen LogP contribution < -0.4 is 4.90 Å². The van der Waals surface area contributed by atoms with Gasteiger partial charge in [-0.05, 0) is 54.7 Å². The van der Waals surface area contributed by atoms with E-state index < -0.39 is 5.60 Å². The molecular weight excluding hydrogens is 458 g/mol. The molecule has 0 aromatic heterocycles. The zero-order valence-electron chi connectivity index (χ0n) is 21.6. The quantitative estimate of drug-likeness (QED) is 0.272. The Kier molecular flexibility index (Phi) is 6.86. The molecule has 4 aromatic rings. The molecule has 1 heterocycles. The Labute approximate surface area is 219 Å². The molecule has 0 fully saturated rings. The Morgan fingerprint density at radius 2 is 1.54 bits per heavy atom. The number of hydrogen-bond donors (Lipinski definition) is 1. The monoisotopic (exact) mass is 491 g/mol. The van der Waals surface area contributed by atoms with E-state index in [1.54, 1.807) is 0 Å². The molecule has 0 amide bonds. The van der Waals surface area contributed by atoms with Gasteiger partial charge in [0.1, 0.15) is 6.61 Å². The SMILES string of the molecule is CC(CC(C)(O)Cc1cccc(-c2ccccc2)c1)N(C)c1ccc2c(c1-c1ccccc1)COC2=O. The lowest BCUT2D eigenvalue weighted by molar-refractivity contribution is 0.0454. The fourth-order valence-electron chi connectivity index (χ4n) is 5.43. The molecule has 1 aliphatic heterocycles. The lowest BCUT2D eigenvalue weighted by Crippen LogP contribution is -2.39. The second kappa shape index (κ2) is 10.2. The van der Waals surface area contributed by atoms with Gasteiger partial charge in [-0.1, -0.05) is 84.9 Å². The Morgan fingerprint density at radius 1 is 0.892 bits per heavy atom. The zero-order valence-corrected chi connectivity index (χ0v) is 21.6. The molecule has 0 bridgehead atoms. The third kappa shape index (κ3) is 5.30. The van der Waals surface area contributed by atoms with Crippen molar-refractivity contribution in [1.29, 1.82) is 0 Å². The van der Waals surface area contributed by atoms with Crippen LogP contribution in [0.4, 0.5) is 5.69 Å². The highest BCUT2D eigenvalue weighted by Crippen LogP contribution is 2.40. The van der Waals surface area contributed by atoms with E-state index in [1.807, 2.05) is 55.5 Å². The van der Waals surface area contributed by atoms with E-state index in [1.165, 1.54) is 5.56 Å². The van der Waals surface area contributed by atoms with Gasteiger partial charge in [-0.2, -0.15) is 0 Å². The maximum absolute atomic E-state index is 12.3. The molecule has 2 atom stereocenters.